The summed E-state index contributed by atoms with van der Waals surface area (Å²) in [6.45, 7) is 2.20. The third-order valence-electron chi connectivity index (χ3n) is 4.57. The van der Waals surface area contributed by atoms with Crippen molar-refractivity contribution < 1.29 is 14.7 Å². The van der Waals surface area contributed by atoms with Gasteiger partial charge in [-0.1, -0.05) is 43.3 Å². The lowest BCUT2D eigenvalue weighted by molar-refractivity contribution is 0.0697. The van der Waals surface area contributed by atoms with Crippen LogP contribution in [0.3, 0.4) is 0 Å². The van der Waals surface area contributed by atoms with Gasteiger partial charge in [0.15, 0.2) is 0 Å². The lowest BCUT2D eigenvalue weighted by atomic mass is 9.63. The summed E-state index contributed by atoms with van der Waals surface area (Å²) >= 11 is 0. The maximum absolute atomic E-state index is 12.3. The van der Waals surface area contributed by atoms with Gasteiger partial charge in [-0.15, -0.1) is 0 Å². The van der Waals surface area contributed by atoms with Crippen LogP contribution in [0.2, 0.25) is 0 Å². The zero-order valence-electron chi connectivity index (χ0n) is 13.0. The van der Waals surface area contributed by atoms with Crippen LogP contribution in [0.25, 0.3) is 0 Å². The average molecular weight is 309 g/mol. The van der Waals surface area contributed by atoms with Gasteiger partial charge < -0.3 is 10.4 Å². The Bertz CT molecular complexity index is 733. The fourth-order valence-corrected chi connectivity index (χ4v) is 3.27. The van der Waals surface area contributed by atoms with Crippen LogP contribution in [-0.4, -0.2) is 23.0 Å². The van der Waals surface area contributed by atoms with Crippen molar-refractivity contribution in [2.45, 2.75) is 31.2 Å². The van der Waals surface area contributed by atoms with E-state index in [0.717, 1.165) is 12.8 Å². The monoisotopic (exact) mass is 309 g/mol. The molecule has 118 valence electrons. The minimum atomic E-state index is -1.03. The lowest BCUT2D eigenvalue weighted by Gasteiger charge is -2.46. The first-order valence-corrected chi connectivity index (χ1v) is 7.68. The highest BCUT2D eigenvalue weighted by atomic mass is 16.4. The predicted molar refractivity (Wildman–Crippen MR) is 87.7 cm³/mol. The molecule has 0 radical (unpaired) electrons. The maximum Gasteiger partial charge on any atom is 0.335 e. The maximum atomic E-state index is 12.3. The van der Waals surface area contributed by atoms with Crippen LogP contribution >= 0.6 is 0 Å². The van der Waals surface area contributed by atoms with Gasteiger partial charge in [0.1, 0.15) is 0 Å². The van der Waals surface area contributed by atoms with E-state index in [1.807, 2.05) is 18.2 Å². The Balaban J connectivity index is 1.63. The molecule has 2 N–H and O–H groups in total. The van der Waals surface area contributed by atoms with Gasteiger partial charge in [0, 0.05) is 11.6 Å². The van der Waals surface area contributed by atoms with Crippen LogP contribution in [0.4, 0.5) is 0 Å². The molecule has 0 spiro atoms. The summed E-state index contributed by atoms with van der Waals surface area (Å²) in [4.78, 5) is 23.2. The summed E-state index contributed by atoms with van der Waals surface area (Å²) in [7, 11) is 0. The zero-order chi connectivity index (χ0) is 16.4. The van der Waals surface area contributed by atoms with Gasteiger partial charge in [0.25, 0.3) is 5.91 Å². The number of carboxylic acid groups (broad SMARTS) is 1. The van der Waals surface area contributed by atoms with Crippen molar-refractivity contribution in [1.82, 2.24) is 5.32 Å². The van der Waals surface area contributed by atoms with Gasteiger partial charge in [-0.2, -0.15) is 0 Å². The van der Waals surface area contributed by atoms with E-state index >= 15 is 0 Å². The second-order valence-corrected chi connectivity index (χ2v) is 6.39. The summed E-state index contributed by atoms with van der Waals surface area (Å²) in [5.74, 6) is -1.24. The summed E-state index contributed by atoms with van der Waals surface area (Å²) < 4.78 is 0. The van der Waals surface area contributed by atoms with Crippen molar-refractivity contribution >= 4 is 11.9 Å². The molecule has 0 aliphatic heterocycles. The van der Waals surface area contributed by atoms with E-state index in [1.165, 1.54) is 17.7 Å². The Morgan fingerprint density at radius 3 is 2.35 bits per heavy atom. The number of nitrogens with one attached hydrogen (secondary N) is 1. The van der Waals surface area contributed by atoms with Gasteiger partial charge in [-0.3, -0.25) is 4.79 Å². The standard InChI is InChI=1S/C19H19NO3/c1-19(15-8-3-2-4-9-15)11-16(12-19)20-17(21)13-6-5-7-14(10-13)18(22)23/h2-10,16H,11-12H2,1H3,(H,20,21)(H,22,23). The molecule has 0 saturated heterocycles. The lowest BCUT2D eigenvalue weighted by Crippen LogP contribution is -2.51. The molecule has 2 aromatic rings. The van der Waals surface area contributed by atoms with E-state index in [2.05, 4.69) is 24.4 Å². The van der Waals surface area contributed by atoms with Crippen LogP contribution in [0.1, 0.15) is 46.0 Å². The Morgan fingerprint density at radius 2 is 1.70 bits per heavy atom. The molecule has 4 heteroatoms. The fourth-order valence-electron chi connectivity index (χ4n) is 3.27. The molecule has 0 bridgehead atoms. The molecule has 2 aromatic carbocycles. The molecule has 1 aliphatic carbocycles. The number of hydrogen-bond donors (Lipinski definition) is 2. The number of carboxylic acids is 1. The highest BCUT2D eigenvalue weighted by Gasteiger charge is 2.42. The number of carbonyl (C=O) groups excluding carboxylic acids is 1. The van der Waals surface area contributed by atoms with Crippen molar-refractivity contribution in [3.8, 4) is 0 Å². The number of rotatable bonds is 4. The first-order chi connectivity index (χ1) is 11.0. The highest BCUT2D eigenvalue weighted by Crippen LogP contribution is 2.43. The highest BCUT2D eigenvalue weighted by molar-refractivity contribution is 5.97. The SMILES string of the molecule is CC1(c2ccccc2)CC(NC(=O)c2cccc(C(=O)O)c2)C1. The molecule has 1 amide bonds. The van der Waals surface area contributed by atoms with Gasteiger partial charge >= 0.3 is 5.97 Å². The topological polar surface area (TPSA) is 66.4 Å². The first-order valence-electron chi connectivity index (χ1n) is 7.68. The quantitative estimate of drug-likeness (QED) is 0.911. The summed E-state index contributed by atoms with van der Waals surface area (Å²) in [5, 5.41) is 12.0. The molecule has 1 aliphatic rings. The normalized spacial score (nSPS) is 22.9. The van der Waals surface area contributed by atoms with Gasteiger partial charge in [0.2, 0.25) is 0 Å². The molecule has 23 heavy (non-hydrogen) atoms. The van der Waals surface area contributed by atoms with Crippen molar-refractivity contribution in [3.05, 3.63) is 71.3 Å². The van der Waals surface area contributed by atoms with E-state index in [9.17, 15) is 9.59 Å². The molecular formula is C19H19NO3. The Kier molecular flexibility index (Phi) is 3.90. The molecule has 0 aromatic heterocycles. The Hall–Kier alpha value is -2.62. The number of aromatic carboxylic acids is 1. The Labute approximate surface area is 135 Å². The minimum absolute atomic E-state index is 0.0993. The molecule has 3 rings (SSSR count). The van der Waals surface area contributed by atoms with Gasteiger partial charge in [0.05, 0.1) is 5.56 Å². The number of benzene rings is 2. The number of hydrogen-bond acceptors (Lipinski definition) is 2. The van der Waals surface area contributed by atoms with Gasteiger partial charge in [-0.05, 0) is 42.0 Å². The second kappa shape index (κ2) is 5.88. The van der Waals surface area contributed by atoms with Crippen LogP contribution in [-0.2, 0) is 5.41 Å². The van der Waals surface area contributed by atoms with E-state index in [1.54, 1.807) is 12.1 Å². The molecule has 1 saturated carbocycles. The van der Waals surface area contributed by atoms with Crippen molar-refractivity contribution in [3.63, 3.8) is 0 Å². The molecule has 4 nitrogen and oxygen atoms in total. The molecular weight excluding hydrogens is 290 g/mol. The second-order valence-electron chi connectivity index (χ2n) is 6.39. The third-order valence-corrected chi connectivity index (χ3v) is 4.57. The average Bonchev–Trinajstić information content (AvgIpc) is 2.54. The number of carbonyl (C=O) groups is 2. The molecule has 0 unspecified atom stereocenters. The fraction of sp³-hybridized carbons (Fsp3) is 0.263. The van der Waals surface area contributed by atoms with Crippen LogP contribution in [0.5, 0.6) is 0 Å². The summed E-state index contributed by atoms with van der Waals surface area (Å²) in [6, 6.07) is 16.5. The summed E-state index contributed by atoms with van der Waals surface area (Å²) in [6.07, 6.45) is 1.78. The molecule has 1 fully saturated rings. The number of amides is 1. The van der Waals surface area contributed by atoms with E-state index in [-0.39, 0.29) is 22.9 Å². The smallest absolute Gasteiger partial charge is 0.335 e. The summed E-state index contributed by atoms with van der Waals surface area (Å²) in [5.41, 5.74) is 1.90. The van der Waals surface area contributed by atoms with Crippen LogP contribution in [0.15, 0.2) is 54.6 Å². The largest absolute Gasteiger partial charge is 0.478 e. The first kappa shape index (κ1) is 15.3. The van der Waals surface area contributed by atoms with Crippen LogP contribution in [0, 0.1) is 0 Å². The van der Waals surface area contributed by atoms with Crippen molar-refractivity contribution in [2.75, 3.05) is 0 Å². The van der Waals surface area contributed by atoms with E-state index in [4.69, 9.17) is 5.11 Å². The van der Waals surface area contributed by atoms with E-state index < -0.39 is 5.97 Å². The molecule has 0 atom stereocenters. The molecule has 0 heterocycles. The third kappa shape index (κ3) is 3.11. The predicted octanol–water partition coefficient (Wildman–Crippen LogP) is 3.23. The Morgan fingerprint density at radius 1 is 1.04 bits per heavy atom. The van der Waals surface area contributed by atoms with Crippen molar-refractivity contribution in [1.29, 1.82) is 0 Å². The van der Waals surface area contributed by atoms with Gasteiger partial charge in [-0.25, -0.2) is 4.79 Å². The minimum Gasteiger partial charge on any atom is -0.478 e. The van der Waals surface area contributed by atoms with Crippen LogP contribution < -0.4 is 5.32 Å². The van der Waals surface area contributed by atoms with E-state index in [0.29, 0.717) is 5.56 Å². The zero-order valence-corrected chi connectivity index (χ0v) is 13.0. The van der Waals surface area contributed by atoms with Crippen molar-refractivity contribution in [2.24, 2.45) is 0 Å².